The molecule has 94 valence electrons. The predicted octanol–water partition coefficient (Wildman–Crippen LogP) is 1.45. The second-order valence-corrected chi connectivity index (χ2v) is 4.56. The summed E-state index contributed by atoms with van der Waals surface area (Å²) >= 11 is 5.77. The SMILES string of the molecule is Cc1cc(C(=O)N2CC(C)OC(CCl)C2)no1. The van der Waals surface area contributed by atoms with E-state index in [9.17, 15) is 4.79 Å². The first-order chi connectivity index (χ1) is 8.10. The molecule has 6 heteroatoms. The van der Waals surface area contributed by atoms with Crippen LogP contribution in [0.15, 0.2) is 10.6 Å². The van der Waals surface area contributed by atoms with E-state index in [1.807, 2.05) is 6.92 Å². The normalized spacial score (nSPS) is 25.0. The van der Waals surface area contributed by atoms with Gasteiger partial charge in [-0.05, 0) is 13.8 Å². The van der Waals surface area contributed by atoms with Gasteiger partial charge >= 0.3 is 0 Å². The zero-order valence-electron chi connectivity index (χ0n) is 9.85. The van der Waals surface area contributed by atoms with Crippen LogP contribution in [-0.4, -0.2) is 47.1 Å². The van der Waals surface area contributed by atoms with Crippen molar-refractivity contribution >= 4 is 17.5 Å². The summed E-state index contributed by atoms with van der Waals surface area (Å²) in [6, 6.07) is 1.64. The maximum absolute atomic E-state index is 12.1. The van der Waals surface area contributed by atoms with Crippen molar-refractivity contribution in [2.75, 3.05) is 19.0 Å². The molecule has 5 nitrogen and oxygen atoms in total. The topological polar surface area (TPSA) is 55.6 Å². The maximum atomic E-state index is 12.1. The number of nitrogens with zero attached hydrogens (tertiary/aromatic N) is 2. The Morgan fingerprint density at radius 1 is 1.65 bits per heavy atom. The van der Waals surface area contributed by atoms with Gasteiger partial charge in [-0.15, -0.1) is 11.6 Å². The zero-order valence-corrected chi connectivity index (χ0v) is 10.6. The monoisotopic (exact) mass is 258 g/mol. The number of hydrogen-bond acceptors (Lipinski definition) is 4. The van der Waals surface area contributed by atoms with Gasteiger partial charge in [0, 0.05) is 19.2 Å². The van der Waals surface area contributed by atoms with E-state index in [0.717, 1.165) is 0 Å². The van der Waals surface area contributed by atoms with Gasteiger partial charge in [0.05, 0.1) is 18.1 Å². The number of aromatic nitrogens is 1. The highest BCUT2D eigenvalue weighted by atomic mass is 35.5. The lowest BCUT2D eigenvalue weighted by Gasteiger charge is -2.35. The van der Waals surface area contributed by atoms with Crippen LogP contribution in [-0.2, 0) is 4.74 Å². The van der Waals surface area contributed by atoms with E-state index < -0.39 is 0 Å². The fourth-order valence-electron chi connectivity index (χ4n) is 1.93. The van der Waals surface area contributed by atoms with Crippen LogP contribution in [0.3, 0.4) is 0 Å². The number of hydrogen-bond donors (Lipinski definition) is 0. The summed E-state index contributed by atoms with van der Waals surface area (Å²) in [5, 5.41) is 3.73. The quantitative estimate of drug-likeness (QED) is 0.754. The van der Waals surface area contributed by atoms with Crippen LogP contribution in [0, 0.1) is 6.92 Å². The Morgan fingerprint density at radius 2 is 2.41 bits per heavy atom. The molecule has 2 heterocycles. The van der Waals surface area contributed by atoms with E-state index in [2.05, 4.69) is 5.16 Å². The van der Waals surface area contributed by atoms with Gasteiger partial charge in [-0.1, -0.05) is 5.16 Å². The summed E-state index contributed by atoms with van der Waals surface area (Å²) in [6.07, 6.45) is -0.123. The van der Waals surface area contributed by atoms with Crippen molar-refractivity contribution in [3.8, 4) is 0 Å². The summed E-state index contributed by atoms with van der Waals surface area (Å²) in [5.41, 5.74) is 0.338. The third-order valence-corrected chi connectivity index (χ3v) is 2.98. The Hall–Kier alpha value is -1.07. The minimum atomic E-state index is -0.132. The summed E-state index contributed by atoms with van der Waals surface area (Å²) < 4.78 is 10.5. The standard InChI is InChI=1S/C11H15ClN2O3/c1-7-3-10(13-17-7)11(15)14-5-8(2)16-9(4-12)6-14/h3,8-9H,4-6H2,1-2H3. The molecule has 1 aliphatic heterocycles. The molecule has 1 aromatic rings. The van der Waals surface area contributed by atoms with E-state index >= 15 is 0 Å². The average molecular weight is 259 g/mol. The molecule has 2 rings (SSSR count). The molecule has 1 saturated heterocycles. The highest BCUT2D eigenvalue weighted by Gasteiger charge is 2.29. The Kier molecular flexibility index (Phi) is 3.69. The van der Waals surface area contributed by atoms with Gasteiger partial charge in [0.25, 0.3) is 5.91 Å². The molecule has 0 bridgehead atoms. The van der Waals surface area contributed by atoms with E-state index in [0.29, 0.717) is 30.4 Å². The molecule has 0 N–H and O–H groups in total. The molecule has 17 heavy (non-hydrogen) atoms. The van der Waals surface area contributed by atoms with Crippen molar-refractivity contribution in [1.29, 1.82) is 0 Å². The Bertz CT molecular complexity index is 407. The molecule has 1 aromatic heterocycles. The van der Waals surface area contributed by atoms with Gasteiger partial charge in [0.15, 0.2) is 5.69 Å². The van der Waals surface area contributed by atoms with Gasteiger partial charge in [-0.2, -0.15) is 0 Å². The second-order valence-electron chi connectivity index (χ2n) is 4.26. The fraction of sp³-hybridized carbons (Fsp3) is 0.636. The molecule has 0 saturated carbocycles. The minimum Gasteiger partial charge on any atom is -0.370 e. The third kappa shape index (κ3) is 2.79. The van der Waals surface area contributed by atoms with Crippen LogP contribution in [0.25, 0.3) is 0 Å². The van der Waals surface area contributed by atoms with Gasteiger partial charge < -0.3 is 14.2 Å². The van der Waals surface area contributed by atoms with Crippen molar-refractivity contribution in [3.63, 3.8) is 0 Å². The summed E-state index contributed by atoms with van der Waals surface area (Å²) in [5.74, 6) is 0.877. The Labute approximate surface area is 105 Å². The summed E-state index contributed by atoms with van der Waals surface area (Å²) in [7, 11) is 0. The molecule has 2 unspecified atom stereocenters. The number of carbonyl (C=O) groups excluding carboxylic acids is 1. The zero-order chi connectivity index (χ0) is 12.4. The molecule has 1 fully saturated rings. The third-order valence-electron chi connectivity index (χ3n) is 2.63. The first-order valence-electron chi connectivity index (χ1n) is 5.54. The molecule has 1 amide bonds. The number of alkyl halides is 1. The number of ether oxygens (including phenoxy) is 1. The first kappa shape index (κ1) is 12.4. The fourth-order valence-corrected chi connectivity index (χ4v) is 2.10. The first-order valence-corrected chi connectivity index (χ1v) is 6.07. The van der Waals surface area contributed by atoms with Crippen molar-refractivity contribution in [2.45, 2.75) is 26.1 Å². The van der Waals surface area contributed by atoms with Gasteiger partial charge in [0.2, 0.25) is 0 Å². The number of halogens is 1. The van der Waals surface area contributed by atoms with E-state index in [-0.39, 0.29) is 18.1 Å². The van der Waals surface area contributed by atoms with Crippen LogP contribution in [0.5, 0.6) is 0 Å². The lowest BCUT2D eigenvalue weighted by molar-refractivity contribution is -0.0572. The van der Waals surface area contributed by atoms with Crippen molar-refractivity contribution in [3.05, 3.63) is 17.5 Å². The lowest BCUT2D eigenvalue weighted by atomic mass is 10.2. The predicted molar refractivity (Wildman–Crippen MR) is 62.2 cm³/mol. The van der Waals surface area contributed by atoms with Gasteiger partial charge in [-0.3, -0.25) is 4.79 Å². The van der Waals surface area contributed by atoms with Gasteiger partial charge in [0.1, 0.15) is 5.76 Å². The summed E-state index contributed by atoms with van der Waals surface area (Å²) in [6.45, 7) is 4.73. The largest absolute Gasteiger partial charge is 0.370 e. The molecular weight excluding hydrogens is 244 g/mol. The van der Waals surface area contributed by atoms with E-state index in [1.54, 1.807) is 17.9 Å². The van der Waals surface area contributed by atoms with E-state index in [1.165, 1.54) is 0 Å². The lowest BCUT2D eigenvalue weighted by Crippen LogP contribution is -2.49. The molecule has 1 aliphatic rings. The number of aryl methyl sites for hydroxylation is 1. The molecule has 0 radical (unpaired) electrons. The number of rotatable bonds is 2. The van der Waals surface area contributed by atoms with Crippen LogP contribution in [0.2, 0.25) is 0 Å². The maximum Gasteiger partial charge on any atom is 0.276 e. The molecule has 0 spiro atoms. The highest BCUT2D eigenvalue weighted by molar-refractivity contribution is 6.18. The van der Waals surface area contributed by atoms with Crippen LogP contribution in [0.1, 0.15) is 23.2 Å². The van der Waals surface area contributed by atoms with Crippen LogP contribution < -0.4 is 0 Å². The van der Waals surface area contributed by atoms with Crippen molar-refractivity contribution < 1.29 is 14.1 Å². The highest BCUT2D eigenvalue weighted by Crippen LogP contribution is 2.15. The number of morpholine rings is 1. The second kappa shape index (κ2) is 5.06. The van der Waals surface area contributed by atoms with Crippen LogP contribution >= 0.6 is 11.6 Å². The Morgan fingerprint density at radius 3 is 3.00 bits per heavy atom. The Balaban J connectivity index is 2.08. The molecular formula is C11H15ClN2O3. The van der Waals surface area contributed by atoms with Crippen molar-refractivity contribution in [2.24, 2.45) is 0 Å². The van der Waals surface area contributed by atoms with Crippen molar-refractivity contribution in [1.82, 2.24) is 10.1 Å². The van der Waals surface area contributed by atoms with E-state index in [4.69, 9.17) is 20.9 Å². The number of carbonyl (C=O) groups is 1. The molecule has 0 aliphatic carbocycles. The minimum absolute atomic E-state index is 0.00977. The molecule has 2 atom stereocenters. The smallest absolute Gasteiger partial charge is 0.276 e. The average Bonchev–Trinajstić information content (AvgIpc) is 2.74. The van der Waals surface area contributed by atoms with Gasteiger partial charge in [-0.25, -0.2) is 0 Å². The number of amides is 1. The molecule has 0 aromatic carbocycles. The summed E-state index contributed by atoms with van der Waals surface area (Å²) in [4.78, 5) is 13.8. The van der Waals surface area contributed by atoms with Crippen LogP contribution in [0.4, 0.5) is 0 Å².